The Balaban J connectivity index is 0.000000845. The average molecular weight is 195 g/mol. The van der Waals surface area contributed by atoms with Crippen LogP contribution < -0.4 is 0 Å². The maximum absolute atomic E-state index is 4.10. The second kappa shape index (κ2) is 4.47. The summed E-state index contributed by atoms with van der Waals surface area (Å²) in [5, 5.41) is 0. The van der Waals surface area contributed by atoms with Crippen LogP contribution in [0.2, 0.25) is 0 Å². The zero-order valence-corrected chi connectivity index (χ0v) is 7.48. The van der Waals surface area contributed by atoms with E-state index in [9.17, 15) is 0 Å². The molecule has 0 N–H and O–H groups in total. The van der Waals surface area contributed by atoms with E-state index in [0.717, 1.165) is 5.69 Å². The maximum atomic E-state index is 4.10. The van der Waals surface area contributed by atoms with Crippen molar-refractivity contribution in [3.8, 4) is 11.5 Å². The van der Waals surface area contributed by atoms with E-state index in [1.807, 2.05) is 18.2 Å². The summed E-state index contributed by atoms with van der Waals surface area (Å²) in [6.07, 6.45) is 4.62. The molecule has 2 heterocycles. The maximum Gasteiger partial charge on any atom is 0.181 e. The third-order valence-electron chi connectivity index (χ3n) is 1.39. The van der Waals surface area contributed by atoms with Crippen LogP contribution in [0.4, 0.5) is 0 Å². The van der Waals surface area contributed by atoms with Crippen LogP contribution in [-0.2, 0) is 0 Å². The van der Waals surface area contributed by atoms with Gasteiger partial charge in [0.25, 0.3) is 0 Å². The van der Waals surface area contributed by atoms with Crippen molar-refractivity contribution in [1.82, 2.24) is 19.9 Å². The molecule has 0 bridgehead atoms. The topological polar surface area (TPSA) is 51.6 Å². The van der Waals surface area contributed by atoms with Crippen molar-refractivity contribution >= 4 is 12.4 Å². The van der Waals surface area contributed by atoms with E-state index in [0.29, 0.717) is 5.82 Å². The molecule has 0 aliphatic rings. The predicted octanol–water partition coefficient (Wildman–Crippen LogP) is 1.36. The van der Waals surface area contributed by atoms with Gasteiger partial charge < -0.3 is 0 Å². The van der Waals surface area contributed by atoms with Crippen molar-refractivity contribution in [1.29, 1.82) is 0 Å². The Morgan fingerprint density at radius 3 is 2.31 bits per heavy atom. The van der Waals surface area contributed by atoms with Gasteiger partial charge >= 0.3 is 0 Å². The molecule has 0 atom stereocenters. The SMILES string of the molecule is Cl.c1ccc(-c2ncncn2)nc1. The largest absolute Gasteiger partial charge is 0.253 e. The smallest absolute Gasteiger partial charge is 0.181 e. The second-order valence-electron chi connectivity index (χ2n) is 2.18. The number of hydrogen-bond donors (Lipinski definition) is 0. The molecule has 5 heteroatoms. The molecule has 4 nitrogen and oxygen atoms in total. The molecule has 0 radical (unpaired) electrons. The molecular weight excluding hydrogens is 188 g/mol. The monoisotopic (exact) mass is 194 g/mol. The van der Waals surface area contributed by atoms with Crippen LogP contribution in [0.15, 0.2) is 37.1 Å². The lowest BCUT2D eigenvalue weighted by atomic mass is 10.3. The fourth-order valence-electron chi connectivity index (χ4n) is 0.866. The van der Waals surface area contributed by atoms with Gasteiger partial charge in [0.15, 0.2) is 5.82 Å². The molecule has 2 aromatic heterocycles. The van der Waals surface area contributed by atoms with Crippen LogP contribution in [-0.4, -0.2) is 19.9 Å². The minimum absolute atomic E-state index is 0. The summed E-state index contributed by atoms with van der Waals surface area (Å²) in [5.74, 6) is 0.602. The van der Waals surface area contributed by atoms with E-state index in [2.05, 4.69) is 19.9 Å². The minimum atomic E-state index is 0. The molecule has 0 aliphatic carbocycles. The Kier molecular flexibility index (Phi) is 3.28. The molecule has 0 unspecified atom stereocenters. The molecule has 0 spiro atoms. The highest BCUT2D eigenvalue weighted by molar-refractivity contribution is 5.85. The van der Waals surface area contributed by atoms with Gasteiger partial charge in [0.05, 0.1) is 0 Å². The molecular formula is C8H7ClN4. The molecule has 0 aliphatic heterocycles. The van der Waals surface area contributed by atoms with Crippen LogP contribution in [0.5, 0.6) is 0 Å². The lowest BCUT2D eigenvalue weighted by Crippen LogP contribution is -1.90. The van der Waals surface area contributed by atoms with E-state index in [1.165, 1.54) is 12.7 Å². The van der Waals surface area contributed by atoms with Gasteiger partial charge in [0, 0.05) is 6.20 Å². The van der Waals surface area contributed by atoms with E-state index >= 15 is 0 Å². The van der Waals surface area contributed by atoms with Crippen LogP contribution >= 0.6 is 12.4 Å². The Morgan fingerprint density at radius 1 is 0.923 bits per heavy atom. The number of aromatic nitrogens is 4. The Bertz CT molecular complexity index is 314. The number of halogens is 1. The quantitative estimate of drug-likeness (QED) is 0.688. The molecule has 0 saturated heterocycles. The first-order chi connectivity index (χ1) is 5.97. The Morgan fingerprint density at radius 2 is 1.69 bits per heavy atom. The van der Waals surface area contributed by atoms with Crippen LogP contribution in [0.1, 0.15) is 0 Å². The zero-order chi connectivity index (χ0) is 8.23. The third-order valence-corrected chi connectivity index (χ3v) is 1.39. The van der Waals surface area contributed by atoms with Crippen molar-refractivity contribution in [2.24, 2.45) is 0 Å². The molecule has 66 valence electrons. The molecule has 0 fully saturated rings. The van der Waals surface area contributed by atoms with Crippen molar-refractivity contribution < 1.29 is 0 Å². The van der Waals surface area contributed by atoms with Gasteiger partial charge in [-0.1, -0.05) is 6.07 Å². The fourth-order valence-corrected chi connectivity index (χ4v) is 0.866. The predicted molar refractivity (Wildman–Crippen MR) is 50.3 cm³/mol. The van der Waals surface area contributed by atoms with Gasteiger partial charge in [-0.25, -0.2) is 15.0 Å². The number of pyridine rings is 1. The summed E-state index contributed by atoms with van der Waals surface area (Å²) in [5.41, 5.74) is 0.764. The van der Waals surface area contributed by atoms with Gasteiger partial charge in [-0.2, -0.15) is 0 Å². The van der Waals surface area contributed by atoms with E-state index in [4.69, 9.17) is 0 Å². The highest BCUT2D eigenvalue weighted by Crippen LogP contribution is 2.06. The lowest BCUT2D eigenvalue weighted by molar-refractivity contribution is 1.04. The normalized spacial score (nSPS) is 8.92. The Hall–Kier alpha value is -1.55. The first kappa shape index (κ1) is 9.54. The number of rotatable bonds is 1. The average Bonchev–Trinajstić information content (AvgIpc) is 2.21. The van der Waals surface area contributed by atoms with Gasteiger partial charge in [0.1, 0.15) is 18.3 Å². The summed E-state index contributed by atoms with van der Waals surface area (Å²) in [6.45, 7) is 0. The summed E-state index contributed by atoms with van der Waals surface area (Å²) in [6, 6.07) is 5.60. The molecule has 0 aromatic carbocycles. The molecule has 0 saturated carbocycles. The van der Waals surface area contributed by atoms with Gasteiger partial charge in [-0.15, -0.1) is 12.4 Å². The lowest BCUT2D eigenvalue weighted by Gasteiger charge is -1.94. The molecule has 0 amide bonds. The summed E-state index contributed by atoms with van der Waals surface area (Å²) in [4.78, 5) is 15.7. The Labute approximate surface area is 81.5 Å². The van der Waals surface area contributed by atoms with Crippen LogP contribution in [0.25, 0.3) is 11.5 Å². The highest BCUT2D eigenvalue weighted by atomic mass is 35.5. The molecule has 2 rings (SSSR count). The fraction of sp³-hybridized carbons (Fsp3) is 0. The van der Waals surface area contributed by atoms with Gasteiger partial charge in [-0.3, -0.25) is 4.98 Å². The zero-order valence-electron chi connectivity index (χ0n) is 6.66. The van der Waals surface area contributed by atoms with Crippen molar-refractivity contribution in [3.63, 3.8) is 0 Å². The summed E-state index contributed by atoms with van der Waals surface area (Å²) >= 11 is 0. The third kappa shape index (κ3) is 2.19. The van der Waals surface area contributed by atoms with Gasteiger partial charge in [-0.05, 0) is 12.1 Å². The first-order valence-electron chi connectivity index (χ1n) is 3.50. The van der Waals surface area contributed by atoms with Crippen molar-refractivity contribution in [2.75, 3.05) is 0 Å². The van der Waals surface area contributed by atoms with Crippen LogP contribution in [0.3, 0.4) is 0 Å². The van der Waals surface area contributed by atoms with E-state index in [-0.39, 0.29) is 12.4 Å². The summed E-state index contributed by atoms with van der Waals surface area (Å²) < 4.78 is 0. The van der Waals surface area contributed by atoms with E-state index < -0.39 is 0 Å². The first-order valence-corrected chi connectivity index (χ1v) is 3.50. The molecule has 13 heavy (non-hydrogen) atoms. The highest BCUT2D eigenvalue weighted by Gasteiger charge is 1.97. The minimum Gasteiger partial charge on any atom is -0.253 e. The molecule has 2 aromatic rings. The second-order valence-corrected chi connectivity index (χ2v) is 2.18. The standard InChI is InChI=1S/C8H6N4.ClH/c1-2-4-10-7(3-1)8-11-5-9-6-12-8;/h1-6H;1H. The number of hydrogen-bond acceptors (Lipinski definition) is 4. The van der Waals surface area contributed by atoms with Gasteiger partial charge in [0.2, 0.25) is 0 Å². The van der Waals surface area contributed by atoms with E-state index in [1.54, 1.807) is 6.20 Å². The van der Waals surface area contributed by atoms with Crippen LogP contribution in [0, 0.1) is 0 Å². The van der Waals surface area contributed by atoms with Crippen molar-refractivity contribution in [3.05, 3.63) is 37.1 Å². The van der Waals surface area contributed by atoms with Crippen molar-refractivity contribution in [2.45, 2.75) is 0 Å². The summed E-state index contributed by atoms with van der Waals surface area (Å²) in [7, 11) is 0. The number of nitrogens with zero attached hydrogens (tertiary/aromatic N) is 4.